The van der Waals surface area contributed by atoms with Crippen LogP contribution in [0.3, 0.4) is 0 Å². The first kappa shape index (κ1) is 26.2. The van der Waals surface area contributed by atoms with Crippen molar-refractivity contribution in [3.05, 3.63) is 94.0 Å². The molecule has 37 heavy (non-hydrogen) atoms. The standard InChI is InChI=1S/C27H27N3O6S/c1-28(2)15-16-29-22-9-4-5-10-23(22)37-25(18-11-13-21(35-3)14-12-18)24(26(29)31)36-27(32)19-7-6-8-20(17-19)30(33)34/h4-14,17,24-25H,15-16H2,1-3H3. The van der Waals surface area contributed by atoms with Crippen LogP contribution in [0, 0.1) is 10.1 Å². The lowest BCUT2D eigenvalue weighted by Crippen LogP contribution is -2.45. The number of methoxy groups -OCH3 is 1. The van der Waals surface area contributed by atoms with Gasteiger partial charge in [0.1, 0.15) is 5.75 Å². The highest BCUT2D eigenvalue weighted by Crippen LogP contribution is 2.47. The fourth-order valence-electron chi connectivity index (χ4n) is 3.99. The number of nitrogens with zero attached hydrogens (tertiary/aromatic N) is 3. The zero-order chi connectivity index (χ0) is 26.5. The molecule has 0 fully saturated rings. The van der Waals surface area contributed by atoms with Crippen molar-refractivity contribution in [1.82, 2.24) is 4.90 Å². The lowest BCUT2D eigenvalue weighted by molar-refractivity contribution is -0.384. The van der Waals surface area contributed by atoms with Crippen LogP contribution in [-0.2, 0) is 9.53 Å². The molecular weight excluding hydrogens is 494 g/mol. The smallest absolute Gasteiger partial charge is 0.339 e. The van der Waals surface area contributed by atoms with E-state index in [2.05, 4.69) is 0 Å². The van der Waals surface area contributed by atoms with Crippen molar-refractivity contribution < 1.29 is 24.0 Å². The minimum absolute atomic E-state index is 0.00193. The number of benzene rings is 3. The number of non-ortho nitro benzene ring substituents is 1. The van der Waals surface area contributed by atoms with Crippen LogP contribution in [0.15, 0.2) is 77.7 Å². The van der Waals surface area contributed by atoms with Crippen LogP contribution in [0.4, 0.5) is 11.4 Å². The summed E-state index contributed by atoms with van der Waals surface area (Å²) in [5.41, 5.74) is 1.29. The molecule has 0 spiro atoms. The lowest BCUT2D eigenvalue weighted by Gasteiger charge is -2.28. The lowest BCUT2D eigenvalue weighted by atomic mass is 10.0. The molecule has 0 saturated heterocycles. The highest BCUT2D eigenvalue weighted by Gasteiger charge is 2.41. The summed E-state index contributed by atoms with van der Waals surface area (Å²) >= 11 is 1.44. The minimum Gasteiger partial charge on any atom is -0.497 e. The first-order valence-electron chi connectivity index (χ1n) is 11.6. The Morgan fingerprint density at radius 1 is 1.08 bits per heavy atom. The van der Waals surface area contributed by atoms with Gasteiger partial charge in [0.2, 0.25) is 0 Å². The van der Waals surface area contributed by atoms with Crippen molar-refractivity contribution in [2.24, 2.45) is 0 Å². The number of thioether (sulfide) groups is 1. The molecule has 0 aliphatic carbocycles. The maximum atomic E-state index is 14.1. The number of amides is 1. The van der Waals surface area contributed by atoms with E-state index in [1.54, 1.807) is 24.1 Å². The van der Waals surface area contributed by atoms with Gasteiger partial charge >= 0.3 is 5.97 Å². The van der Waals surface area contributed by atoms with E-state index >= 15 is 0 Å². The number of nitro groups is 1. The van der Waals surface area contributed by atoms with Gasteiger partial charge in [-0.25, -0.2) is 4.79 Å². The Bertz CT molecular complexity index is 1300. The number of likely N-dealkylation sites (N-methyl/N-ethyl adjacent to an activating group) is 1. The van der Waals surface area contributed by atoms with Crippen molar-refractivity contribution in [2.75, 3.05) is 39.2 Å². The molecule has 0 N–H and O–H groups in total. The molecular formula is C27H27N3O6S. The highest BCUT2D eigenvalue weighted by molar-refractivity contribution is 7.99. The molecule has 1 heterocycles. The number of rotatable bonds is 8. The van der Waals surface area contributed by atoms with Gasteiger partial charge in [-0.05, 0) is 50.0 Å². The molecule has 1 amide bonds. The van der Waals surface area contributed by atoms with Gasteiger partial charge in [0, 0.05) is 30.1 Å². The average molecular weight is 522 g/mol. The summed E-state index contributed by atoms with van der Waals surface area (Å²) < 4.78 is 11.2. The summed E-state index contributed by atoms with van der Waals surface area (Å²) in [4.78, 5) is 42.4. The maximum Gasteiger partial charge on any atom is 0.339 e. The topological polar surface area (TPSA) is 102 Å². The summed E-state index contributed by atoms with van der Waals surface area (Å²) in [6.45, 7) is 0.993. The van der Waals surface area contributed by atoms with Crippen molar-refractivity contribution >= 4 is 35.0 Å². The maximum absolute atomic E-state index is 14.1. The van der Waals surface area contributed by atoms with E-state index in [1.165, 1.54) is 30.0 Å². The molecule has 192 valence electrons. The number of hydrogen-bond donors (Lipinski definition) is 0. The third-order valence-electron chi connectivity index (χ3n) is 5.94. The van der Waals surface area contributed by atoms with Crippen LogP contribution in [0.1, 0.15) is 21.2 Å². The first-order chi connectivity index (χ1) is 17.8. The first-order valence-corrected chi connectivity index (χ1v) is 12.5. The number of ether oxygens (including phenoxy) is 2. The van der Waals surface area contributed by atoms with E-state index in [1.807, 2.05) is 55.4 Å². The van der Waals surface area contributed by atoms with E-state index in [4.69, 9.17) is 9.47 Å². The molecule has 3 aromatic rings. The zero-order valence-corrected chi connectivity index (χ0v) is 21.5. The third kappa shape index (κ3) is 5.92. The Balaban J connectivity index is 1.76. The van der Waals surface area contributed by atoms with Gasteiger partial charge in [0.05, 0.1) is 28.5 Å². The highest BCUT2D eigenvalue weighted by atomic mass is 32.2. The number of esters is 1. The molecule has 2 unspecified atom stereocenters. The van der Waals surface area contributed by atoms with E-state index in [0.717, 1.165) is 22.2 Å². The van der Waals surface area contributed by atoms with Crippen LogP contribution in [0.25, 0.3) is 0 Å². The Labute approximate surface area is 219 Å². The van der Waals surface area contributed by atoms with Crippen LogP contribution >= 0.6 is 11.8 Å². The number of carbonyl (C=O) groups is 2. The van der Waals surface area contributed by atoms with E-state index in [-0.39, 0.29) is 17.2 Å². The van der Waals surface area contributed by atoms with Crippen LogP contribution in [0.5, 0.6) is 5.75 Å². The Kier molecular flexibility index (Phi) is 8.10. The molecule has 0 bridgehead atoms. The van der Waals surface area contributed by atoms with Gasteiger partial charge in [-0.3, -0.25) is 14.9 Å². The second kappa shape index (κ2) is 11.4. The van der Waals surface area contributed by atoms with Gasteiger partial charge in [0.15, 0.2) is 6.10 Å². The van der Waals surface area contributed by atoms with Gasteiger partial charge in [-0.2, -0.15) is 0 Å². The van der Waals surface area contributed by atoms with Crippen molar-refractivity contribution in [3.8, 4) is 5.75 Å². The SMILES string of the molecule is COc1ccc(C2Sc3ccccc3N(CCN(C)C)C(=O)C2OC(=O)c2cccc([N+](=O)[O-])c2)cc1. The van der Waals surface area contributed by atoms with Crippen molar-refractivity contribution in [3.63, 3.8) is 0 Å². The third-order valence-corrected chi connectivity index (χ3v) is 7.31. The Morgan fingerprint density at radius 3 is 2.49 bits per heavy atom. The number of carbonyl (C=O) groups excluding carboxylic acids is 2. The van der Waals surface area contributed by atoms with Crippen LogP contribution in [-0.4, -0.2) is 62.1 Å². The van der Waals surface area contributed by atoms with Crippen LogP contribution in [0.2, 0.25) is 0 Å². The molecule has 0 aromatic heterocycles. The Hall–Kier alpha value is -3.89. The normalized spacial score (nSPS) is 17.2. The second-order valence-electron chi connectivity index (χ2n) is 8.71. The summed E-state index contributed by atoms with van der Waals surface area (Å²) in [7, 11) is 5.41. The van der Waals surface area contributed by atoms with E-state index < -0.39 is 22.2 Å². The molecule has 1 aliphatic heterocycles. The summed E-state index contributed by atoms with van der Waals surface area (Å²) in [5, 5.41) is 10.7. The molecule has 3 aromatic carbocycles. The van der Waals surface area contributed by atoms with E-state index in [0.29, 0.717) is 18.8 Å². The fraction of sp³-hybridized carbons (Fsp3) is 0.259. The van der Waals surface area contributed by atoms with Crippen LogP contribution < -0.4 is 9.64 Å². The quantitative estimate of drug-likeness (QED) is 0.241. The predicted octanol–water partition coefficient (Wildman–Crippen LogP) is 4.57. The van der Waals surface area contributed by atoms with Gasteiger partial charge in [-0.1, -0.05) is 30.3 Å². The number of hydrogen-bond acceptors (Lipinski definition) is 8. The summed E-state index contributed by atoms with van der Waals surface area (Å²) in [6.07, 6.45) is -1.18. The number of anilines is 1. The Morgan fingerprint density at radius 2 is 1.81 bits per heavy atom. The fourth-order valence-corrected chi connectivity index (χ4v) is 5.31. The molecule has 4 rings (SSSR count). The molecule has 1 aliphatic rings. The molecule has 0 saturated carbocycles. The van der Waals surface area contributed by atoms with E-state index in [9.17, 15) is 19.7 Å². The molecule has 0 radical (unpaired) electrons. The number of nitro benzene ring substituents is 1. The average Bonchev–Trinajstić information content (AvgIpc) is 3.02. The monoisotopic (exact) mass is 521 g/mol. The molecule has 10 heteroatoms. The summed E-state index contributed by atoms with van der Waals surface area (Å²) in [5.74, 6) is -0.509. The molecule has 9 nitrogen and oxygen atoms in total. The van der Waals surface area contributed by atoms with Gasteiger partial charge in [0.25, 0.3) is 11.6 Å². The zero-order valence-electron chi connectivity index (χ0n) is 20.7. The minimum atomic E-state index is -1.18. The largest absolute Gasteiger partial charge is 0.497 e. The van der Waals surface area contributed by atoms with Crippen molar-refractivity contribution in [2.45, 2.75) is 16.2 Å². The van der Waals surface area contributed by atoms with Crippen molar-refractivity contribution in [1.29, 1.82) is 0 Å². The summed E-state index contributed by atoms with van der Waals surface area (Å²) in [6, 6.07) is 20.2. The predicted molar refractivity (Wildman–Crippen MR) is 141 cm³/mol. The van der Waals surface area contributed by atoms with Gasteiger partial charge in [-0.15, -0.1) is 11.8 Å². The number of para-hydroxylation sites is 1. The second-order valence-corrected chi connectivity index (χ2v) is 9.89. The van der Waals surface area contributed by atoms with Gasteiger partial charge < -0.3 is 19.3 Å². The number of fused-ring (bicyclic) bond motifs is 1. The molecule has 2 atom stereocenters.